The molecule has 35 heavy (non-hydrogen) atoms. The van der Waals surface area contributed by atoms with Crippen LogP contribution in [0.25, 0.3) is 5.65 Å². The topological polar surface area (TPSA) is 83.2 Å². The van der Waals surface area contributed by atoms with Crippen LogP contribution in [0.15, 0.2) is 30.6 Å². The summed E-state index contributed by atoms with van der Waals surface area (Å²) in [5.41, 5.74) is 2.35. The van der Waals surface area contributed by atoms with Gasteiger partial charge >= 0.3 is 0 Å². The van der Waals surface area contributed by atoms with Crippen molar-refractivity contribution in [3.63, 3.8) is 0 Å². The van der Waals surface area contributed by atoms with Crippen molar-refractivity contribution in [3.8, 4) is 5.75 Å². The number of ether oxygens (including phenoxy) is 1. The Balaban J connectivity index is 1.23. The maximum Gasteiger partial charge on any atom is 0.258 e. The summed E-state index contributed by atoms with van der Waals surface area (Å²) < 4.78 is 37.2. The molecule has 2 bridgehead atoms. The van der Waals surface area contributed by atoms with Gasteiger partial charge in [-0.2, -0.15) is 5.10 Å². The zero-order valence-electron chi connectivity index (χ0n) is 18.8. The molecule has 184 valence electrons. The largest absolute Gasteiger partial charge is 0.486 e. The van der Waals surface area contributed by atoms with Crippen LogP contribution in [0.2, 0.25) is 5.02 Å². The van der Waals surface area contributed by atoms with E-state index in [0.29, 0.717) is 42.3 Å². The molecule has 3 aliphatic heterocycles. The van der Waals surface area contributed by atoms with E-state index in [1.54, 1.807) is 15.6 Å². The Bertz CT molecular complexity index is 1300. The minimum Gasteiger partial charge on any atom is -0.486 e. The number of aliphatic hydroxyl groups excluding tert-OH is 1. The van der Waals surface area contributed by atoms with Crippen molar-refractivity contribution in [1.29, 1.82) is 0 Å². The standard InChI is InChI=1S/C24H24ClF2N5O3/c25-13-9-28-23-17-11-30(12-18(17)29-32(23)10-13)24(34)16-3-1-14(26)7-20(16)35-21-8-15-2-4-19(22(21)27)31(15)5-6-33/h1,3,7,9-10,15,19,21-22,33H,2,4-6,8,11-12H2/t15-,19+,21+,22?/m0/s1. The lowest BCUT2D eigenvalue weighted by atomic mass is 9.97. The predicted octanol–water partition coefficient (Wildman–Crippen LogP) is 2.99. The summed E-state index contributed by atoms with van der Waals surface area (Å²) in [7, 11) is 0. The van der Waals surface area contributed by atoms with Crippen LogP contribution in [-0.4, -0.2) is 72.9 Å². The Hall–Kier alpha value is -2.82. The molecule has 2 aromatic heterocycles. The number of amides is 1. The number of hydrogen-bond donors (Lipinski definition) is 1. The molecule has 2 saturated heterocycles. The van der Waals surface area contributed by atoms with E-state index >= 15 is 4.39 Å². The monoisotopic (exact) mass is 503 g/mol. The fourth-order valence-electron chi connectivity index (χ4n) is 5.75. The molecule has 3 aliphatic rings. The summed E-state index contributed by atoms with van der Waals surface area (Å²) in [6.07, 6.45) is 3.04. The molecule has 1 amide bonds. The highest BCUT2D eigenvalue weighted by atomic mass is 35.5. The van der Waals surface area contributed by atoms with Gasteiger partial charge in [0.1, 0.15) is 17.7 Å². The number of fused-ring (bicyclic) bond motifs is 5. The quantitative estimate of drug-likeness (QED) is 0.576. The fraction of sp³-hybridized carbons (Fsp3) is 0.458. The van der Waals surface area contributed by atoms with Gasteiger partial charge in [-0.3, -0.25) is 9.69 Å². The van der Waals surface area contributed by atoms with Crippen LogP contribution in [0.3, 0.4) is 0 Å². The molecule has 1 N–H and O–H groups in total. The third kappa shape index (κ3) is 3.84. The van der Waals surface area contributed by atoms with E-state index in [2.05, 4.69) is 10.1 Å². The number of hydrogen-bond acceptors (Lipinski definition) is 6. The Labute approximate surface area is 205 Å². The third-order valence-corrected chi connectivity index (χ3v) is 7.52. The Kier molecular flexibility index (Phi) is 5.62. The number of aliphatic hydroxyl groups is 1. The van der Waals surface area contributed by atoms with Crippen LogP contribution in [0.4, 0.5) is 8.78 Å². The third-order valence-electron chi connectivity index (χ3n) is 7.32. The first kappa shape index (κ1) is 22.6. The first-order chi connectivity index (χ1) is 16.9. The Morgan fingerprint density at radius 1 is 1.29 bits per heavy atom. The van der Waals surface area contributed by atoms with Crippen molar-refractivity contribution in [3.05, 3.63) is 58.3 Å². The summed E-state index contributed by atoms with van der Waals surface area (Å²) in [5.74, 6) is -0.862. The van der Waals surface area contributed by atoms with Crippen molar-refractivity contribution < 1.29 is 23.4 Å². The lowest BCUT2D eigenvalue weighted by molar-refractivity contribution is -0.0279. The maximum absolute atomic E-state index is 15.4. The minimum absolute atomic E-state index is 0.0283. The molecule has 0 spiro atoms. The second kappa shape index (κ2) is 8.69. The van der Waals surface area contributed by atoms with Gasteiger partial charge in [-0.15, -0.1) is 0 Å². The Morgan fingerprint density at radius 2 is 2.14 bits per heavy atom. The van der Waals surface area contributed by atoms with Crippen LogP contribution >= 0.6 is 11.6 Å². The molecular formula is C24H24ClF2N5O3. The van der Waals surface area contributed by atoms with Gasteiger partial charge in [-0.1, -0.05) is 11.6 Å². The van der Waals surface area contributed by atoms with Crippen LogP contribution in [0.1, 0.15) is 40.9 Å². The number of aromatic nitrogens is 3. The normalized spacial score (nSPS) is 25.9. The van der Waals surface area contributed by atoms with Gasteiger partial charge in [-0.25, -0.2) is 18.3 Å². The molecule has 4 atom stereocenters. The van der Waals surface area contributed by atoms with Gasteiger partial charge in [0.25, 0.3) is 5.91 Å². The van der Waals surface area contributed by atoms with Crippen molar-refractivity contribution in [2.45, 2.75) is 56.7 Å². The molecule has 5 heterocycles. The average Bonchev–Trinajstić information content (AvgIpc) is 3.48. The lowest BCUT2D eigenvalue weighted by Crippen LogP contribution is -2.54. The van der Waals surface area contributed by atoms with Gasteiger partial charge in [0, 0.05) is 42.9 Å². The number of carbonyl (C=O) groups is 1. The summed E-state index contributed by atoms with van der Waals surface area (Å²) in [4.78, 5) is 21.4. The molecule has 6 rings (SSSR count). The second-order valence-corrected chi connectivity index (χ2v) is 9.80. The first-order valence-electron chi connectivity index (χ1n) is 11.7. The SMILES string of the molecule is O=C(c1ccc(F)cc1O[C@@H]1C[C@@H]2CC[C@H](C1F)N2CCO)N1Cc2nn3cc(Cl)cnc3c2C1. The van der Waals surface area contributed by atoms with E-state index in [-0.39, 0.29) is 42.5 Å². The first-order valence-corrected chi connectivity index (χ1v) is 12.1. The van der Waals surface area contributed by atoms with Crippen LogP contribution in [0, 0.1) is 5.82 Å². The zero-order valence-corrected chi connectivity index (χ0v) is 19.5. The summed E-state index contributed by atoms with van der Waals surface area (Å²) in [5, 5.41) is 14.3. The predicted molar refractivity (Wildman–Crippen MR) is 123 cm³/mol. The van der Waals surface area contributed by atoms with Gasteiger partial charge in [0.2, 0.25) is 0 Å². The summed E-state index contributed by atoms with van der Waals surface area (Å²) in [6.45, 7) is 0.950. The van der Waals surface area contributed by atoms with Gasteiger partial charge < -0.3 is 14.7 Å². The van der Waals surface area contributed by atoms with Gasteiger partial charge in [0.05, 0.1) is 42.2 Å². The number of carbonyl (C=O) groups excluding carboxylic acids is 1. The molecule has 11 heteroatoms. The van der Waals surface area contributed by atoms with Gasteiger partial charge in [0.15, 0.2) is 11.8 Å². The van der Waals surface area contributed by atoms with E-state index in [4.69, 9.17) is 16.3 Å². The van der Waals surface area contributed by atoms with E-state index in [1.165, 1.54) is 18.3 Å². The van der Waals surface area contributed by atoms with Crippen molar-refractivity contribution in [1.82, 2.24) is 24.4 Å². The number of benzene rings is 1. The molecule has 0 aliphatic carbocycles. The van der Waals surface area contributed by atoms with E-state index in [9.17, 15) is 14.3 Å². The number of alkyl halides is 1. The molecule has 1 unspecified atom stereocenters. The maximum atomic E-state index is 15.4. The number of halogens is 3. The average molecular weight is 504 g/mol. The van der Waals surface area contributed by atoms with Gasteiger partial charge in [-0.05, 0) is 25.0 Å². The smallest absolute Gasteiger partial charge is 0.258 e. The molecular weight excluding hydrogens is 480 g/mol. The van der Waals surface area contributed by atoms with E-state index < -0.39 is 18.1 Å². The van der Waals surface area contributed by atoms with Crippen molar-refractivity contribution >= 4 is 23.2 Å². The molecule has 8 nitrogen and oxygen atoms in total. The molecule has 1 aromatic carbocycles. The van der Waals surface area contributed by atoms with E-state index in [1.807, 2.05) is 4.90 Å². The number of piperidine rings is 1. The highest BCUT2D eigenvalue weighted by Crippen LogP contribution is 2.39. The second-order valence-electron chi connectivity index (χ2n) is 9.36. The highest BCUT2D eigenvalue weighted by molar-refractivity contribution is 6.30. The van der Waals surface area contributed by atoms with Crippen molar-refractivity contribution in [2.24, 2.45) is 0 Å². The molecule has 3 aromatic rings. The summed E-state index contributed by atoms with van der Waals surface area (Å²) >= 11 is 5.99. The van der Waals surface area contributed by atoms with E-state index in [0.717, 1.165) is 18.1 Å². The van der Waals surface area contributed by atoms with Crippen LogP contribution in [0.5, 0.6) is 5.75 Å². The lowest BCUT2D eigenvalue weighted by Gasteiger charge is -2.41. The summed E-state index contributed by atoms with van der Waals surface area (Å²) in [6, 6.07) is 3.50. The zero-order chi connectivity index (χ0) is 24.3. The number of nitrogens with zero attached hydrogens (tertiary/aromatic N) is 5. The molecule has 0 radical (unpaired) electrons. The number of rotatable bonds is 5. The fourth-order valence-corrected chi connectivity index (χ4v) is 5.89. The van der Waals surface area contributed by atoms with Crippen LogP contribution < -0.4 is 4.74 Å². The Morgan fingerprint density at radius 3 is 2.97 bits per heavy atom. The van der Waals surface area contributed by atoms with Crippen LogP contribution in [-0.2, 0) is 13.1 Å². The van der Waals surface area contributed by atoms with Crippen molar-refractivity contribution in [2.75, 3.05) is 13.2 Å². The minimum atomic E-state index is -1.30. The molecule has 2 fully saturated rings. The highest BCUT2D eigenvalue weighted by Gasteiger charge is 2.48. The molecule has 0 saturated carbocycles.